The average molecular weight is 253 g/mol. The summed E-state index contributed by atoms with van der Waals surface area (Å²) in [5.74, 6) is 0. The number of hydrogen-bond donors (Lipinski definition) is 2. The summed E-state index contributed by atoms with van der Waals surface area (Å²) in [5, 5.41) is 0. The fraction of sp³-hybridized carbons (Fsp3) is 0.875. The van der Waals surface area contributed by atoms with Gasteiger partial charge in [-0.2, -0.15) is 12.7 Å². The number of ether oxygens (including phenoxy) is 1. The second kappa shape index (κ2) is 7.42. The van der Waals surface area contributed by atoms with E-state index in [0.29, 0.717) is 13.0 Å². The minimum atomic E-state index is -3.81. The molecule has 0 aromatic rings. The number of nitrogens with one attached hydrogen (secondary N) is 1. The van der Waals surface area contributed by atoms with Crippen LogP contribution in [-0.4, -0.2) is 45.1 Å². The van der Waals surface area contributed by atoms with Crippen LogP contribution in [-0.2, 0) is 14.9 Å². The molecule has 0 heterocycles. The second-order valence-corrected chi connectivity index (χ2v) is 4.63. The Morgan fingerprint density at radius 3 is 2.50 bits per heavy atom. The number of carbonyl (C=O) groups excluding carboxylic acids is 1. The van der Waals surface area contributed by atoms with Crippen LogP contribution in [0.15, 0.2) is 0 Å². The molecule has 7 nitrogen and oxygen atoms in total. The first-order chi connectivity index (χ1) is 7.47. The largest absolute Gasteiger partial charge is 0.449 e. The van der Waals surface area contributed by atoms with E-state index in [2.05, 4.69) is 4.74 Å². The summed E-state index contributed by atoms with van der Waals surface area (Å²) in [7, 11) is -3.81. The molecule has 0 unspecified atom stereocenters. The maximum absolute atomic E-state index is 11.6. The Bertz CT molecular complexity index is 304. The first-order valence-corrected chi connectivity index (χ1v) is 6.56. The van der Waals surface area contributed by atoms with E-state index in [4.69, 9.17) is 5.73 Å². The zero-order valence-electron chi connectivity index (χ0n) is 9.60. The number of amides is 1. The van der Waals surface area contributed by atoms with Gasteiger partial charge in [0, 0.05) is 13.1 Å². The Kier molecular flexibility index (Phi) is 7.02. The third-order valence-electron chi connectivity index (χ3n) is 1.79. The van der Waals surface area contributed by atoms with E-state index in [0.717, 1.165) is 4.31 Å². The van der Waals surface area contributed by atoms with Gasteiger partial charge in [0.15, 0.2) is 0 Å². The molecule has 0 aliphatic carbocycles. The van der Waals surface area contributed by atoms with E-state index < -0.39 is 16.3 Å². The SMILES string of the molecule is CCOC(=O)NS(=O)(=O)N(CC)CCCN. The highest BCUT2D eigenvalue weighted by atomic mass is 32.2. The van der Waals surface area contributed by atoms with Crippen LogP contribution in [0.25, 0.3) is 0 Å². The molecule has 0 saturated heterocycles. The molecule has 0 saturated carbocycles. The number of hydrogen-bond acceptors (Lipinski definition) is 5. The van der Waals surface area contributed by atoms with Crippen molar-refractivity contribution in [1.82, 2.24) is 9.03 Å². The Hall–Kier alpha value is -0.860. The Labute approximate surface area is 96.1 Å². The van der Waals surface area contributed by atoms with Crippen LogP contribution in [0.3, 0.4) is 0 Å². The molecule has 0 aromatic heterocycles. The summed E-state index contributed by atoms with van der Waals surface area (Å²) in [4.78, 5) is 11.0. The summed E-state index contributed by atoms with van der Waals surface area (Å²) >= 11 is 0. The minimum Gasteiger partial charge on any atom is -0.449 e. The molecule has 0 bridgehead atoms. The first kappa shape index (κ1) is 15.1. The molecule has 0 atom stereocenters. The maximum Gasteiger partial charge on any atom is 0.421 e. The lowest BCUT2D eigenvalue weighted by Gasteiger charge is -2.19. The van der Waals surface area contributed by atoms with Crippen molar-refractivity contribution in [2.45, 2.75) is 20.3 Å². The molecule has 0 spiro atoms. The lowest BCUT2D eigenvalue weighted by Crippen LogP contribution is -2.44. The fourth-order valence-electron chi connectivity index (χ4n) is 1.05. The minimum absolute atomic E-state index is 0.121. The smallest absolute Gasteiger partial charge is 0.421 e. The van der Waals surface area contributed by atoms with E-state index in [1.807, 2.05) is 4.72 Å². The molecular weight excluding hydrogens is 234 g/mol. The number of nitrogens with two attached hydrogens (primary N) is 1. The van der Waals surface area contributed by atoms with Crippen molar-refractivity contribution in [2.24, 2.45) is 5.73 Å². The molecule has 0 radical (unpaired) electrons. The topological polar surface area (TPSA) is 102 Å². The van der Waals surface area contributed by atoms with Crippen LogP contribution in [0.2, 0.25) is 0 Å². The molecule has 16 heavy (non-hydrogen) atoms. The molecule has 3 N–H and O–H groups in total. The van der Waals surface area contributed by atoms with Crippen molar-refractivity contribution >= 4 is 16.3 Å². The van der Waals surface area contributed by atoms with Crippen molar-refractivity contribution in [1.29, 1.82) is 0 Å². The van der Waals surface area contributed by atoms with Gasteiger partial charge in [0.1, 0.15) is 0 Å². The van der Waals surface area contributed by atoms with E-state index in [1.54, 1.807) is 13.8 Å². The van der Waals surface area contributed by atoms with Crippen LogP contribution in [0.4, 0.5) is 4.79 Å². The van der Waals surface area contributed by atoms with Crippen molar-refractivity contribution in [3.63, 3.8) is 0 Å². The lowest BCUT2D eigenvalue weighted by molar-refractivity contribution is 0.158. The standard InChI is InChI=1S/C8H19N3O4S/c1-3-11(7-5-6-9)16(13,14)10-8(12)15-4-2/h3-7,9H2,1-2H3,(H,10,12). The van der Waals surface area contributed by atoms with E-state index in [1.165, 1.54) is 0 Å². The van der Waals surface area contributed by atoms with Crippen LogP contribution in [0.1, 0.15) is 20.3 Å². The van der Waals surface area contributed by atoms with Crippen LogP contribution in [0, 0.1) is 0 Å². The number of rotatable bonds is 7. The van der Waals surface area contributed by atoms with E-state index in [-0.39, 0.29) is 19.7 Å². The highest BCUT2D eigenvalue weighted by Crippen LogP contribution is 1.99. The van der Waals surface area contributed by atoms with Crippen LogP contribution >= 0.6 is 0 Å². The first-order valence-electron chi connectivity index (χ1n) is 5.12. The van der Waals surface area contributed by atoms with Gasteiger partial charge in [0.05, 0.1) is 6.61 Å². The molecular formula is C8H19N3O4S. The van der Waals surface area contributed by atoms with Gasteiger partial charge in [-0.15, -0.1) is 0 Å². The van der Waals surface area contributed by atoms with Gasteiger partial charge in [0.2, 0.25) is 0 Å². The predicted molar refractivity (Wildman–Crippen MR) is 60.0 cm³/mol. The summed E-state index contributed by atoms with van der Waals surface area (Å²) in [6, 6.07) is 0. The third-order valence-corrected chi connectivity index (χ3v) is 3.34. The lowest BCUT2D eigenvalue weighted by atomic mass is 10.4. The zero-order chi connectivity index (χ0) is 12.6. The van der Waals surface area contributed by atoms with Crippen molar-refractivity contribution in [3.8, 4) is 0 Å². The molecule has 96 valence electrons. The van der Waals surface area contributed by atoms with Crippen LogP contribution in [0.5, 0.6) is 0 Å². The monoisotopic (exact) mass is 253 g/mol. The predicted octanol–water partition coefficient (Wildman–Crippen LogP) is -0.352. The number of carbonyl (C=O) groups is 1. The van der Waals surface area contributed by atoms with Gasteiger partial charge in [-0.05, 0) is 19.9 Å². The quantitative estimate of drug-likeness (QED) is 0.645. The fourth-order valence-corrected chi connectivity index (χ4v) is 2.15. The van der Waals surface area contributed by atoms with Gasteiger partial charge < -0.3 is 10.5 Å². The maximum atomic E-state index is 11.6. The molecule has 1 amide bonds. The van der Waals surface area contributed by atoms with Gasteiger partial charge in [-0.25, -0.2) is 9.52 Å². The van der Waals surface area contributed by atoms with E-state index >= 15 is 0 Å². The van der Waals surface area contributed by atoms with E-state index in [9.17, 15) is 13.2 Å². The van der Waals surface area contributed by atoms with Gasteiger partial charge >= 0.3 is 16.3 Å². The summed E-state index contributed by atoms with van der Waals surface area (Å²) in [6.45, 7) is 4.34. The van der Waals surface area contributed by atoms with Crippen molar-refractivity contribution in [2.75, 3.05) is 26.2 Å². The molecule has 0 aliphatic rings. The molecule has 0 fully saturated rings. The summed E-state index contributed by atoms with van der Waals surface area (Å²) in [5.41, 5.74) is 5.29. The van der Waals surface area contributed by atoms with Crippen molar-refractivity contribution < 1.29 is 17.9 Å². The second-order valence-electron chi connectivity index (χ2n) is 2.96. The zero-order valence-corrected chi connectivity index (χ0v) is 10.4. The number of nitrogens with zero attached hydrogens (tertiary/aromatic N) is 1. The highest BCUT2D eigenvalue weighted by molar-refractivity contribution is 7.87. The Balaban J connectivity index is 4.42. The molecule has 0 aromatic carbocycles. The Morgan fingerprint density at radius 2 is 2.06 bits per heavy atom. The molecule has 0 aliphatic heterocycles. The van der Waals surface area contributed by atoms with Gasteiger partial charge in [-0.3, -0.25) is 0 Å². The molecule has 8 heteroatoms. The third kappa shape index (κ3) is 5.29. The van der Waals surface area contributed by atoms with Crippen LogP contribution < -0.4 is 10.5 Å². The molecule has 0 rings (SSSR count). The van der Waals surface area contributed by atoms with Gasteiger partial charge in [0.25, 0.3) is 0 Å². The van der Waals surface area contributed by atoms with Crippen molar-refractivity contribution in [3.05, 3.63) is 0 Å². The highest BCUT2D eigenvalue weighted by Gasteiger charge is 2.22. The summed E-state index contributed by atoms with van der Waals surface area (Å²) in [6.07, 6.45) is -0.425. The average Bonchev–Trinajstić information content (AvgIpc) is 2.17. The normalized spacial score (nSPS) is 11.5. The Morgan fingerprint density at radius 1 is 1.44 bits per heavy atom. The van der Waals surface area contributed by atoms with Gasteiger partial charge in [-0.1, -0.05) is 6.92 Å². The summed E-state index contributed by atoms with van der Waals surface area (Å²) < 4.78 is 30.7.